The Kier molecular flexibility index (Phi) is 5.90. The third kappa shape index (κ3) is 5.30. The molecule has 0 spiro atoms. The van der Waals surface area contributed by atoms with Gasteiger partial charge in [0.05, 0.1) is 23.8 Å². The van der Waals surface area contributed by atoms with Crippen molar-refractivity contribution in [3.8, 4) is 0 Å². The standard InChI is InChI=1S/C10H18BrN3O/c1-3-15-5-4-12-9(2)7-14-8-10(11)6-13-14/h6,8-9,12H,3-5,7H2,1-2H3. The maximum Gasteiger partial charge on any atom is 0.0632 e. The fraction of sp³-hybridized carbons (Fsp3) is 0.700. The third-order valence-corrected chi connectivity index (χ3v) is 2.42. The lowest BCUT2D eigenvalue weighted by atomic mass is 10.3. The van der Waals surface area contributed by atoms with Gasteiger partial charge in [0.25, 0.3) is 0 Å². The highest BCUT2D eigenvalue weighted by Crippen LogP contribution is 2.06. The van der Waals surface area contributed by atoms with Gasteiger partial charge in [-0.1, -0.05) is 0 Å². The van der Waals surface area contributed by atoms with Crippen LogP contribution < -0.4 is 5.32 Å². The fourth-order valence-corrected chi connectivity index (χ4v) is 1.63. The molecule has 5 heteroatoms. The van der Waals surface area contributed by atoms with Crippen molar-refractivity contribution in [3.05, 3.63) is 16.9 Å². The summed E-state index contributed by atoms with van der Waals surface area (Å²) in [6.45, 7) is 7.45. The summed E-state index contributed by atoms with van der Waals surface area (Å²) in [4.78, 5) is 0. The van der Waals surface area contributed by atoms with E-state index >= 15 is 0 Å². The van der Waals surface area contributed by atoms with Gasteiger partial charge >= 0.3 is 0 Å². The van der Waals surface area contributed by atoms with E-state index in [4.69, 9.17) is 4.74 Å². The zero-order chi connectivity index (χ0) is 11.1. The second kappa shape index (κ2) is 6.98. The third-order valence-electron chi connectivity index (χ3n) is 2.01. The van der Waals surface area contributed by atoms with Crippen molar-refractivity contribution >= 4 is 15.9 Å². The van der Waals surface area contributed by atoms with Crippen LogP contribution in [-0.2, 0) is 11.3 Å². The van der Waals surface area contributed by atoms with Crippen molar-refractivity contribution in [3.63, 3.8) is 0 Å². The number of nitrogens with zero attached hydrogens (tertiary/aromatic N) is 2. The molecule has 0 radical (unpaired) electrons. The number of hydrogen-bond donors (Lipinski definition) is 1. The van der Waals surface area contributed by atoms with Gasteiger partial charge in [-0.05, 0) is 29.8 Å². The molecule has 0 aliphatic heterocycles. The Labute approximate surface area is 99.1 Å². The van der Waals surface area contributed by atoms with Gasteiger partial charge < -0.3 is 10.1 Å². The van der Waals surface area contributed by atoms with E-state index in [0.717, 1.165) is 30.8 Å². The molecule has 86 valence electrons. The number of rotatable bonds is 7. The Morgan fingerprint density at radius 3 is 3.07 bits per heavy atom. The highest BCUT2D eigenvalue weighted by molar-refractivity contribution is 9.10. The van der Waals surface area contributed by atoms with E-state index in [0.29, 0.717) is 6.04 Å². The first-order valence-electron chi connectivity index (χ1n) is 5.21. The normalized spacial score (nSPS) is 13.0. The highest BCUT2D eigenvalue weighted by Gasteiger charge is 2.02. The molecule has 1 rings (SSSR count). The van der Waals surface area contributed by atoms with Gasteiger partial charge in [0.15, 0.2) is 0 Å². The molecule has 0 aliphatic rings. The number of aromatic nitrogens is 2. The summed E-state index contributed by atoms with van der Waals surface area (Å²) in [5, 5.41) is 7.57. The van der Waals surface area contributed by atoms with Crippen LogP contribution in [0.4, 0.5) is 0 Å². The van der Waals surface area contributed by atoms with Crippen LogP contribution in [0.1, 0.15) is 13.8 Å². The van der Waals surface area contributed by atoms with E-state index in [1.807, 2.05) is 17.8 Å². The van der Waals surface area contributed by atoms with Crippen LogP contribution >= 0.6 is 15.9 Å². The first kappa shape index (κ1) is 12.7. The minimum Gasteiger partial charge on any atom is -0.380 e. The SMILES string of the molecule is CCOCCNC(C)Cn1cc(Br)cn1. The van der Waals surface area contributed by atoms with E-state index in [9.17, 15) is 0 Å². The van der Waals surface area contributed by atoms with Gasteiger partial charge in [0, 0.05) is 25.4 Å². The van der Waals surface area contributed by atoms with E-state index in [1.54, 1.807) is 6.20 Å². The Hall–Kier alpha value is -0.390. The maximum atomic E-state index is 5.25. The molecular weight excluding hydrogens is 258 g/mol. The summed E-state index contributed by atoms with van der Waals surface area (Å²) >= 11 is 3.37. The van der Waals surface area contributed by atoms with Crippen molar-refractivity contribution in [2.45, 2.75) is 26.4 Å². The number of hydrogen-bond acceptors (Lipinski definition) is 3. The zero-order valence-corrected chi connectivity index (χ0v) is 10.8. The minimum atomic E-state index is 0.400. The first-order valence-corrected chi connectivity index (χ1v) is 6.00. The van der Waals surface area contributed by atoms with Crippen LogP contribution in [0.15, 0.2) is 16.9 Å². The summed E-state index contributed by atoms with van der Waals surface area (Å²) in [6, 6.07) is 0.400. The molecule has 1 aromatic rings. The first-order chi connectivity index (χ1) is 7.22. The van der Waals surface area contributed by atoms with Gasteiger partial charge in [-0.15, -0.1) is 0 Å². The molecule has 0 bridgehead atoms. The second-order valence-electron chi connectivity index (χ2n) is 3.43. The zero-order valence-electron chi connectivity index (χ0n) is 9.24. The van der Waals surface area contributed by atoms with Gasteiger partial charge in [0.2, 0.25) is 0 Å². The van der Waals surface area contributed by atoms with Crippen molar-refractivity contribution in [2.75, 3.05) is 19.8 Å². The average molecular weight is 276 g/mol. The van der Waals surface area contributed by atoms with Gasteiger partial charge in [0.1, 0.15) is 0 Å². The van der Waals surface area contributed by atoms with Crippen LogP contribution in [0, 0.1) is 0 Å². The number of halogens is 1. The smallest absolute Gasteiger partial charge is 0.0632 e. The summed E-state index contributed by atoms with van der Waals surface area (Å²) in [6.07, 6.45) is 3.77. The molecule has 1 N–H and O–H groups in total. The average Bonchev–Trinajstić information content (AvgIpc) is 2.59. The predicted molar refractivity (Wildman–Crippen MR) is 63.9 cm³/mol. The molecule has 1 atom stereocenters. The van der Waals surface area contributed by atoms with Crippen LogP contribution in [0.3, 0.4) is 0 Å². The molecule has 0 aromatic carbocycles. The summed E-state index contributed by atoms with van der Waals surface area (Å²) in [5.41, 5.74) is 0. The molecular formula is C10H18BrN3O. The van der Waals surface area contributed by atoms with E-state index < -0.39 is 0 Å². The van der Waals surface area contributed by atoms with Gasteiger partial charge in [-0.2, -0.15) is 5.10 Å². The quantitative estimate of drug-likeness (QED) is 0.770. The van der Waals surface area contributed by atoms with Crippen LogP contribution in [0.5, 0.6) is 0 Å². The number of nitrogens with one attached hydrogen (secondary N) is 1. The number of ether oxygens (including phenoxy) is 1. The summed E-state index contributed by atoms with van der Waals surface area (Å²) in [5.74, 6) is 0. The largest absolute Gasteiger partial charge is 0.380 e. The van der Waals surface area contributed by atoms with Crippen molar-refractivity contribution in [1.29, 1.82) is 0 Å². The highest BCUT2D eigenvalue weighted by atomic mass is 79.9. The molecule has 1 heterocycles. The Morgan fingerprint density at radius 1 is 1.67 bits per heavy atom. The van der Waals surface area contributed by atoms with Gasteiger partial charge in [-0.3, -0.25) is 4.68 Å². The monoisotopic (exact) mass is 275 g/mol. The molecule has 0 aliphatic carbocycles. The molecule has 0 fully saturated rings. The van der Waals surface area contributed by atoms with Crippen molar-refractivity contribution in [1.82, 2.24) is 15.1 Å². The lowest BCUT2D eigenvalue weighted by Crippen LogP contribution is -2.33. The lowest BCUT2D eigenvalue weighted by Gasteiger charge is -2.13. The van der Waals surface area contributed by atoms with Gasteiger partial charge in [-0.25, -0.2) is 0 Å². The molecule has 1 aromatic heterocycles. The summed E-state index contributed by atoms with van der Waals surface area (Å²) in [7, 11) is 0. The van der Waals surface area contributed by atoms with Crippen molar-refractivity contribution < 1.29 is 4.74 Å². The van der Waals surface area contributed by atoms with Crippen molar-refractivity contribution in [2.24, 2.45) is 0 Å². The summed E-state index contributed by atoms with van der Waals surface area (Å²) < 4.78 is 8.18. The van der Waals surface area contributed by atoms with Crippen LogP contribution in [0.2, 0.25) is 0 Å². The minimum absolute atomic E-state index is 0.400. The molecule has 0 saturated carbocycles. The molecule has 4 nitrogen and oxygen atoms in total. The van der Waals surface area contributed by atoms with Crippen LogP contribution in [0.25, 0.3) is 0 Å². The molecule has 1 unspecified atom stereocenters. The second-order valence-corrected chi connectivity index (χ2v) is 4.35. The van der Waals surface area contributed by atoms with E-state index in [1.165, 1.54) is 0 Å². The van der Waals surface area contributed by atoms with E-state index in [-0.39, 0.29) is 0 Å². The lowest BCUT2D eigenvalue weighted by molar-refractivity contribution is 0.146. The van der Waals surface area contributed by atoms with E-state index in [2.05, 4.69) is 33.3 Å². The molecule has 0 amide bonds. The fourth-order valence-electron chi connectivity index (χ4n) is 1.31. The maximum absolute atomic E-state index is 5.25. The predicted octanol–water partition coefficient (Wildman–Crippen LogP) is 1.66. The molecule has 15 heavy (non-hydrogen) atoms. The topological polar surface area (TPSA) is 39.1 Å². The van der Waals surface area contributed by atoms with Crippen LogP contribution in [-0.4, -0.2) is 35.6 Å². The Balaban J connectivity index is 2.15. The Morgan fingerprint density at radius 2 is 2.47 bits per heavy atom. The Bertz CT molecular complexity index is 277. The molecule has 0 saturated heterocycles.